The molecule has 0 aromatic heterocycles. The molecule has 2 aromatic carbocycles. The molecule has 1 aliphatic rings. The molecule has 6 nitrogen and oxygen atoms in total. The number of anilines is 1. The largest absolute Gasteiger partial charge is 0.493 e. The van der Waals surface area contributed by atoms with Gasteiger partial charge in [0.15, 0.2) is 18.1 Å². The first-order chi connectivity index (χ1) is 12.7. The topological polar surface area (TPSA) is 60.4 Å². The van der Waals surface area contributed by atoms with Gasteiger partial charge in [0, 0.05) is 17.8 Å². The molecule has 0 saturated carbocycles. The van der Waals surface area contributed by atoms with Crippen LogP contribution in [0.25, 0.3) is 0 Å². The number of oxime groups is 1. The van der Waals surface area contributed by atoms with Gasteiger partial charge in [-0.1, -0.05) is 23.4 Å². The van der Waals surface area contributed by atoms with Crippen molar-refractivity contribution in [2.75, 3.05) is 31.8 Å². The number of carbonyl (C=O) groups is 1. The van der Waals surface area contributed by atoms with E-state index < -0.39 is 0 Å². The molecule has 0 unspecified atom stereocenters. The maximum absolute atomic E-state index is 12.3. The van der Waals surface area contributed by atoms with Crippen LogP contribution in [0, 0.1) is 0 Å². The standard InChI is InChI=1S/C20H22N2O4/c1-3-25-18-9-8-15(12-19(18)24-2)13-21-26-14-20(23)22-11-10-16-6-4-5-7-17(16)22/h4-9,12-13H,3,10-11,14H2,1-2H3/b21-13+. The van der Waals surface area contributed by atoms with Crippen molar-refractivity contribution in [3.8, 4) is 11.5 Å². The van der Waals surface area contributed by atoms with E-state index in [0.717, 1.165) is 17.7 Å². The lowest BCUT2D eigenvalue weighted by Gasteiger charge is -2.16. The first-order valence-electron chi connectivity index (χ1n) is 8.57. The van der Waals surface area contributed by atoms with Gasteiger partial charge in [-0.25, -0.2) is 0 Å². The molecule has 1 heterocycles. The molecule has 26 heavy (non-hydrogen) atoms. The Morgan fingerprint density at radius 2 is 2.08 bits per heavy atom. The molecule has 1 amide bonds. The van der Waals surface area contributed by atoms with Gasteiger partial charge in [0.2, 0.25) is 0 Å². The summed E-state index contributed by atoms with van der Waals surface area (Å²) in [5, 5.41) is 3.89. The van der Waals surface area contributed by atoms with Gasteiger partial charge in [0.25, 0.3) is 5.91 Å². The first-order valence-corrected chi connectivity index (χ1v) is 8.57. The third kappa shape index (κ3) is 3.96. The molecular weight excluding hydrogens is 332 g/mol. The summed E-state index contributed by atoms with van der Waals surface area (Å²) < 4.78 is 10.8. The number of benzene rings is 2. The molecule has 0 fully saturated rings. The van der Waals surface area contributed by atoms with Gasteiger partial charge in [0.1, 0.15) is 0 Å². The summed E-state index contributed by atoms with van der Waals surface area (Å²) in [6.45, 7) is 3.06. The number of hydrogen-bond donors (Lipinski definition) is 0. The summed E-state index contributed by atoms with van der Waals surface area (Å²) in [5.41, 5.74) is 2.94. The molecule has 2 aromatic rings. The van der Waals surface area contributed by atoms with Crippen LogP contribution in [0.4, 0.5) is 5.69 Å². The van der Waals surface area contributed by atoms with Crippen molar-refractivity contribution in [2.24, 2.45) is 5.16 Å². The second-order valence-electron chi connectivity index (χ2n) is 5.78. The van der Waals surface area contributed by atoms with E-state index in [0.29, 0.717) is 24.7 Å². The third-order valence-corrected chi connectivity index (χ3v) is 4.14. The monoisotopic (exact) mass is 354 g/mol. The molecule has 3 rings (SSSR count). The van der Waals surface area contributed by atoms with Crippen molar-refractivity contribution < 1.29 is 19.1 Å². The van der Waals surface area contributed by atoms with Crippen LogP contribution in [0.15, 0.2) is 47.6 Å². The van der Waals surface area contributed by atoms with Gasteiger partial charge < -0.3 is 19.2 Å². The van der Waals surface area contributed by atoms with E-state index in [1.807, 2.05) is 43.3 Å². The number of amides is 1. The highest BCUT2D eigenvalue weighted by Gasteiger charge is 2.24. The van der Waals surface area contributed by atoms with Crippen molar-refractivity contribution in [3.63, 3.8) is 0 Å². The second kappa shape index (κ2) is 8.38. The number of hydrogen-bond acceptors (Lipinski definition) is 5. The van der Waals surface area contributed by atoms with Crippen LogP contribution in [0.3, 0.4) is 0 Å². The highest BCUT2D eigenvalue weighted by atomic mass is 16.6. The lowest BCUT2D eigenvalue weighted by atomic mass is 10.2. The Hall–Kier alpha value is -3.02. The number of para-hydroxylation sites is 1. The Bertz CT molecular complexity index is 804. The van der Waals surface area contributed by atoms with Crippen LogP contribution >= 0.6 is 0 Å². The molecule has 0 atom stereocenters. The number of rotatable bonds is 7. The van der Waals surface area contributed by atoms with Crippen LogP contribution < -0.4 is 14.4 Å². The Morgan fingerprint density at radius 1 is 1.23 bits per heavy atom. The van der Waals surface area contributed by atoms with Crippen LogP contribution in [0.2, 0.25) is 0 Å². The van der Waals surface area contributed by atoms with Crippen molar-refractivity contribution in [1.29, 1.82) is 0 Å². The number of ether oxygens (including phenoxy) is 2. The molecule has 1 aliphatic heterocycles. The summed E-state index contributed by atoms with van der Waals surface area (Å²) in [7, 11) is 1.59. The van der Waals surface area contributed by atoms with Gasteiger partial charge in [0.05, 0.1) is 19.9 Å². The normalized spacial score (nSPS) is 12.9. The fourth-order valence-corrected chi connectivity index (χ4v) is 2.91. The first kappa shape index (κ1) is 17.8. The van der Waals surface area contributed by atoms with E-state index in [1.54, 1.807) is 24.3 Å². The number of fused-ring (bicyclic) bond motifs is 1. The molecule has 0 spiro atoms. The highest BCUT2D eigenvalue weighted by Crippen LogP contribution is 2.28. The van der Waals surface area contributed by atoms with E-state index >= 15 is 0 Å². The fraction of sp³-hybridized carbons (Fsp3) is 0.300. The average molecular weight is 354 g/mol. The lowest BCUT2D eigenvalue weighted by Crippen LogP contribution is -2.31. The third-order valence-electron chi connectivity index (χ3n) is 4.14. The number of methoxy groups -OCH3 is 1. The minimum Gasteiger partial charge on any atom is -0.493 e. The predicted molar refractivity (Wildman–Crippen MR) is 100 cm³/mol. The zero-order chi connectivity index (χ0) is 18.4. The summed E-state index contributed by atoms with van der Waals surface area (Å²) in [6.07, 6.45) is 2.42. The van der Waals surface area contributed by atoms with Gasteiger partial charge in [-0.2, -0.15) is 0 Å². The molecule has 6 heteroatoms. The minimum atomic E-state index is -0.101. The zero-order valence-electron chi connectivity index (χ0n) is 15.0. The molecule has 0 N–H and O–H groups in total. The average Bonchev–Trinajstić information content (AvgIpc) is 3.10. The molecule has 0 radical (unpaired) electrons. The molecule has 136 valence electrons. The minimum absolute atomic E-state index is 0.0982. The fourth-order valence-electron chi connectivity index (χ4n) is 2.91. The van der Waals surface area contributed by atoms with Gasteiger partial charge in [-0.05, 0) is 43.2 Å². The summed E-state index contributed by atoms with van der Waals surface area (Å²) in [5.74, 6) is 1.20. The van der Waals surface area contributed by atoms with Gasteiger partial charge >= 0.3 is 0 Å². The van der Waals surface area contributed by atoms with Crippen LogP contribution in [-0.4, -0.2) is 39.0 Å². The van der Waals surface area contributed by atoms with Crippen LogP contribution in [0.5, 0.6) is 11.5 Å². The van der Waals surface area contributed by atoms with E-state index in [4.69, 9.17) is 14.3 Å². The Kier molecular flexibility index (Phi) is 5.73. The quantitative estimate of drug-likeness (QED) is 0.566. The second-order valence-corrected chi connectivity index (χ2v) is 5.78. The van der Waals surface area contributed by atoms with Crippen LogP contribution in [-0.2, 0) is 16.1 Å². The highest BCUT2D eigenvalue weighted by molar-refractivity contribution is 5.96. The Morgan fingerprint density at radius 3 is 2.88 bits per heavy atom. The van der Waals surface area contributed by atoms with Crippen molar-refractivity contribution in [2.45, 2.75) is 13.3 Å². The van der Waals surface area contributed by atoms with Gasteiger partial charge in [-0.15, -0.1) is 0 Å². The Balaban J connectivity index is 1.56. The molecule has 0 aliphatic carbocycles. The van der Waals surface area contributed by atoms with E-state index in [1.165, 1.54) is 5.56 Å². The lowest BCUT2D eigenvalue weighted by molar-refractivity contribution is -0.122. The smallest absolute Gasteiger partial charge is 0.267 e. The van der Waals surface area contributed by atoms with Crippen molar-refractivity contribution in [3.05, 3.63) is 53.6 Å². The van der Waals surface area contributed by atoms with Crippen molar-refractivity contribution >= 4 is 17.8 Å². The maximum Gasteiger partial charge on any atom is 0.267 e. The summed E-state index contributed by atoms with van der Waals surface area (Å²) in [4.78, 5) is 19.3. The number of nitrogens with zero attached hydrogens (tertiary/aromatic N) is 2. The SMILES string of the molecule is CCOc1ccc(/C=N/OCC(=O)N2CCc3ccccc32)cc1OC. The molecule has 0 saturated heterocycles. The maximum atomic E-state index is 12.3. The number of carbonyl (C=O) groups excluding carboxylic acids is 1. The predicted octanol–water partition coefficient (Wildman–Crippen LogP) is 3.03. The summed E-state index contributed by atoms with van der Waals surface area (Å²) >= 11 is 0. The van der Waals surface area contributed by atoms with E-state index in [2.05, 4.69) is 5.16 Å². The van der Waals surface area contributed by atoms with Crippen LogP contribution in [0.1, 0.15) is 18.1 Å². The Labute approximate surface area is 153 Å². The van der Waals surface area contributed by atoms with Crippen molar-refractivity contribution in [1.82, 2.24) is 0 Å². The van der Waals surface area contributed by atoms with E-state index in [-0.39, 0.29) is 12.5 Å². The molecule has 0 bridgehead atoms. The zero-order valence-corrected chi connectivity index (χ0v) is 15.0. The molecular formula is C20H22N2O4. The summed E-state index contributed by atoms with van der Waals surface area (Å²) in [6, 6.07) is 13.4. The van der Waals surface area contributed by atoms with Gasteiger partial charge in [-0.3, -0.25) is 4.79 Å². The van der Waals surface area contributed by atoms with E-state index in [9.17, 15) is 4.79 Å².